The third-order valence-corrected chi connectivity index (χ3v) is 1.67. The van der Waals surface area contributed by atoms with Crippen LogP contribution >= 0.6 is 9.19 Å². The van der Waals surface area contributed by atoms with Crippen LogP contribution in [-0.2, 0) is 20.0 Å². The van der Waals surface area contributed by atoms with E-state index < -0.39 is 0 Å². The molecule has 13 heavy (non-hydrogen) atoms. The molecule has 0 saturated heterocycles. The number of hydrogen-bond donors (Lipinski definition) is 0. The molecule has 0 bridgehead atoms. The van der Waals surface area contributed by atoms with Crippen LogP contribution in [0.15, 0.2) is 12.4 Å². The van der Waals surface area contributed by atoms with E-state index in [4.69, 9.17) is 0 Å². The first-order valence-corrected chi connectivity index (χ1v) is 6.20. The quantitative estimate of drug-likeness (QED) is 0.499. The van der Waals surface area contributed by atoms with Crippen LogP contribution in [0.1, 0.15) is 0 Å². The second kappa shape index (κ2) is 4.81. The minimum absolute atomic E-state index is 0.912. The summed E-state index contributed by atoms with van der Waals surface area (Å²) in [6.45, 7) is 1.95. The fourth-order valence-corrected chi connectivity index (χ4v) is 1.19. The molecule has 0 fully saturated rings. The van der Waals surface area contributed by atoms with E-state index in [1.165, 1.54) is 0 Å². The average molecular weight is 382 g/mol. The molecule has 0 saturated carbocycles. The zero-order valence-electron chi connectivity index (χ0n) is 7.20. The molecule has 0 aromatic carbocycles. The number of anilines is 2. The Kier molecular flexibility index (Phi) is 3.99. The van der Waals surface area contributed by atoms with Crippen molar-refractivity contribution in [1.29, 1.82) is 0 Å². The molecule has 1 aliphatic heterocycles. The third kappa shape index (κ3) is 2.14. The normalized spacial score (nSPS) is 13.6. The van der Waals surface area contributed by atoms with E-state index in [0.717, 1.165) is 11.6 Å². The molecule has 2 rings (SSSR count). The zero-order valence-corrected chi connectivity index (χ0v) is 10.1. The number of fused-ring (bicyclic) bond motifs is 1. The summed E-state index contributed by atoms with van der Waals surface area (Å²) in [6, 6.07) is 0. The second-order valence-electron chi connectivity index (χ2n) is 2.54. The van der Waals surface area contributed by atoms with E-state index >= 15 is 0 Å². The van der Waals surface area contributed by atoms with Crippen molar-refractivity contribution >= 4 is 20.8 Å². The summed E-state index contributed by atoms with van der Waals surface area (Å²) >= 11 is 1.75. The number of hydrogen-bond acceptors (Lipinski definition) is 4. The van der Waals surface area contributed by atoms with Gasteiger partial charge in [0.25, 0.3) is 0 Å². The Morgan fingerprint density at radius 2 is 1.54 bits per heavy atom. The van der Waals surface area contributed by atoms with Gasteiger partial charge in [-0.05, 0) is 14.1 Å². The van der Waals surface area contributed by atoms with Gasteiger partial charge in [-0.1, -0.05) is 0 Å². The molecule has 6 heteroatoms. The monoisotopic (exact) mass is 381 g/mol. The number of halogens is 1. The van der Waals surface area contributed by atoms with Crippen LogP contribution in [0.25, 0.3) is 0 Å². The maximum atomic E-state index is 4.58. The molecule has 4 nitrogen and oxygen atoms in total. The molecule has 0 atom stereocenters. The van der Waals surface area contributed by atoms with Crippen LogP contribution in [0.3, 0.4) is 0 Å². The Morgan fingerprint density at radius 1 is 1.15 bits per heavy atom. The number of rotatable bonds is 0. The summed E-state index contributed by atoms with van der Waals surface area (Å²) in [6.07, 6.45) is 3.39. The van der Waals surface area contributed by atoms with Crippen molar-refractivity contribution in [1.82, 2.24) is 9.97 Å². The summed E-state index contributed by atoms with van der Waals surface area (Å²) in [7, 11) is 8.49. The maximum absolute atomic E-state index is 4.58. The molecule has 0 aliphatic carbocycles. The molecule has 0 N–H and O–H groups in total. The van der Waals surface area contributed by atoms with Crippen molar-refractivity contribution in [2.24, 2.45) is 0 Å². The summed E-state index contributed by atoms with van der Waals surface area (Å²) in [5, 5.41) is 0. The molecule has 0 unspecified atom stereocenters. The van der Waals surface area contributed by atoms with E-state index in [2.05, 4.69) is 19.2 Å². The summed E-state index contributed by atoms with van der Waals surface area (Å²) in [5.74, 6) is 1.82. The molecule has 1 aromatic rings. The molecule has 0 radical (unpaired) electrons. The SMILES string of the molecule is CN1[CH-]N(C)c2nccnc21.[Cl][Au]. The molecular formula is C7H9AuClN4-. The van der Waals surface area contributed by atoms with Gasteiger partial charge in [0.2, 0.25) is 0 Å². The summed E-state index contributed by atoms with van der Waals surface area (Å²) < 4.78 is 0. The van der Waals surface area contributed by atoms with Crippen molar-refractivity contribution in [3.05, 3.63) is 19.1 Å². The first kappa shape index (κ1) is 10.8. The Labute approximate surface area is 93.7 Å². The van der Waals surface area contributed by atoms with Gasteiger partial charge in [-0.2, -0.15) is 6.67 Å². The van der Waals surface area contributed by atoms with Gasteiger partial charge in [0, 0.05) is 12.4 Å². The Bertz CT molecular complexity index is 256. The zero-order chi connectivity index (χ0) is 9.84. The molecule has 1 aromatic heterocycles. The Balaban J connectivity index is 0.000000396. The van der Waals surface area contributed by atoms with Crippen LogP contribution < -0.4 is 9.80 Å². The van der Waals surface area contributed by atoms with Gasteiger partial charge in [-0.15, -0.1) is 0 Å². The van der Waals surface area contributed by atoms with E-state index in [9.17, 15) is 0 Å². The van der Waals surface area contributed by atoms with Gasteiger partial charge in [0.15, 0.2) is 0 Å². The average Bonchev–Trinajstić information content (AvgIpc) is 2.47. The van der Waals surface area contributed by atoms with Crippen LogP contribution in [0.5, 0.6) is 0 Å². The fraction of sp³-hybridized carbons (Fsp3) is 0.286. The molecule has 0 amide bonds. The van der Waals surface area contributed by atoms with Gasteiger partial charge in [0.05, 0.1) is 0 Å². The molecular weight excluding hydrogens is 373 g/mol. The standard InChI is InChI=1S/C7H9N4.Au.ClH/c1-10-5-11(2)7-6(10)8-3-4-9-7;;/h3-5H,1-2H3;;1H/q-1;+1;/p-1. The van der Waals surface area contributed by atoms with Gasteiger partial charge >= 0.3 is 29.2 Å². The van der Waals surface area contributed by atoms with Gasteiger partial charge in [-0.25, -0.2) is 9.97 Å². The van der Waals surface area contributed by atoms with Crippen molar-refractivity contribution in [3.8, 4) is 0 Å². The molecule has 0 spiro atoms. The predicted octanol–water partition coefficient (Wildman–Crippen LogP) is 1.17. The first-order chi connectivity index (χ1) is 6.29. The summed E-state index contributed by atoms with van der Waals surface area (Å²) in [4.78, 5) is 12.3. The molecule has 1 aliphatic rings. The van der Waals surface area contributed by atoms with Crippen LogP contribution in [0, 0.1) is 6.67 Å². The van der Waals surface area contributed by atoms with E-state index in [1.54, 1.807) is 32.4 Å². The topological polar surface area (TPSA) is 32.3 Å². The minimum atomic E-state index is 0.912. The van der Waals surface area contributed by atoms with Crippen LogP contribution in [0.2, 0.25) is 0 Å². The fourth-order valence-electron chi connectivity index (χ4n) is 1.19. The Hall–Kier alpha value is -0.290. The van der Waals surface area contributed by atoms with Crippen molar-refractivity contribution in [2.75, 3.05) is 23.9 Å². The van der Waals surface area contributed by atoms with Crippen LogP contribution in [0.4, 0.5) is 11.6 Å². The number of aromatic nitrogens is 2. The van der Waals surface area contributed by atoms with Crippen molar-refractivity contribution in [3.63, 3.8) is 0 Å². The summed E-state index contributed by atoms with van der Waals surface area (Å²) in [5.41, 5.74) is 0. The molecule has 76 valence electrons. The van der Waals surface area contributed by atoms with Gasteiger partial charge in [-0.3, -0.25) is 0 Å². The first-order valence-electron chi connectivity index (χ1n) is 3.52. The molecule has 2 heterocycles. The number of nitrogens with zero attached hydrogens (tertiary/aromatic N) is 4. The van der Waals surface area contributed by atoms with E-state index in [1.807, 2.05) is 30.6 Å². The van der Waals surface area contributed by atoms with Crippen molar-refractivity contribution in [2.45, 2.75) is 0 Å². The third-order valence-electron chi connectivity index (χ3n) is 1.67. The second-order valence-corrected chi connectivity index (χ2v) is 2.54. The van der Waals surface area contributed by atoms with E-state index in [-0.39, 0.29) is 0 Å². The van der Waals surface area contributed by atoms with E-state index in [0.29, 0.717) is 0 Å². The van der Waals surface area contributed by atoms with Gasteiger partial charge in [0.1, 0.15) is 11.6 Å². The predicted molar refractivity (Wildman–Crippen MR) is 49.0 cm³/mol. The van der Waals surface area contributed by atoms with Gasteiger partial charge < -0.3 is 9.80 Å². The Morgan fingerprint density at radius 3 is 1.92 bits per heavy atom. The van der Waals surface area contributed by atoms with Crippen LogP contribution in [-0.4, -0.2) is 24.1 Å². The van der Waals surface area contributed by atoms with Crippen molar-refractivity contribution < 1.29 is 20.0 Å².